The Morgan fingerprint density at radius 3 is 2.67 bits per heavy atom. The van der Waals surface area contributed by atoms with Crippen molar-refractivity contribution in [2.45, 2.75) is 38.9 Å². The minimum Gasteiger partial charge on any atom is -0.330 e. The Hall–Kier alpha value is -3.21. The number of hydrogen-bond acceptors (Lipinski definition) is 7. The maximum absolute atomic E-state index is 13.6. The van der Waals surface area contributed by atoms with Gasteiger partial charge in [-0.05, 0) is 51.9 Å². The molecule has 1 aliphatic heterocycles. The second-order valence-corrected chi connectivity index (χ2v) is 10.5. The number of benzene rings is 1. The fraction of sp³-hybridized carbons (Fsp3) is 0.360. The number of carbonyl (C=O) groups excluding carboxylic acids is 1. The number of thiophene rings is 1. The lowest BCUT2D eigenvalue weighted by Crippen LogP contribution is -2.48. The minimum absolute atomic E-state index is 0. The van der Waals surface area contributed by atoms with Crippen molar-refractivity contribution in [3.05, 3.63) is 64.4 Å². The van der Waals surface area contributed by atoms with Gasteiger partial charge in [-0.1, -0.05) is 30.3 Å². The Balaban J connectivity index is 0.00000304. The van der Waals surface area contributed by atoms with Crippen LogP contribution in [0.3, 0.4) is 0 Å². The van der Waals surface area contributed by atoms with Crippen LogP contribution in [-0.4, -0.2) is 56.6 Å². The van der Waals surface area contributed by atoms with Crippen LogP contribution >= 0.6 is 23.7 Å². The molecule has 5 rings (SSSR count). The van der Waals surface area contributed by atoms with Crippen LogP contribution in [0.2, 0.25) is 0 Å². The Morgan fingerprint density at radius 2 is 1.94 bits per heavy atom. The number of hydrogen-bond donors (Lipinski definition) is 3. The zero-order valence-corrected chi connectivity index (χ0v) is 22.6. The molecule has 1 aromatic carbocycles. The summed E-state index contributed by atoms with van der Waals surface area (Å²) in [6, 6.07) is 11.8. The summed E-state index contributed by atoms with van der Waals surface area (Å²) in [6.07, 6.45) is 0. The Labute approximate surface area is 220 Å². The summed E-state index contributed by atoms with van der Waals surface area (Å²) in [6.45, 7) is 7.09. The third-order valence-electron chi connectivity index (χ3n) is 6.41. The Bertz CT molecular complexity index is 1370. The number of anilines is 2. The van der Waals surface area contributed by atoms with Gasteiger partial charge in [-0.25, -0.2) is 14.8 Å². The molecule has 190 valence electrons. The van der Waals surface area contributed by atoms with Crippen LogP contribution in [0.15, 0.2) is 41.8 Å². The summed E-state index contributed by atoms with van der Waals surface area (Å²) in [4.78, 5) is 26.6. The smallest absolute Gasteiger partial charge is 0.319 e. The number of carbonyl (C=O) groups is 1. The summed E-state index contributed by atoms with van der Waals surface area (Å²) in [5.41, 5.74) is 3.33. The van der Waals surface area contributed by atoms with Gasteiger partial charge in [0.2, 0.25) is 0 Å². The number of likely N-dealkylation sites (N-methyl/N-ethyl adjacent to an activating group) is 1. The second-order valence-electron chi connectivity index (χ2n) is 9.63. The summed E-state index contributed by atoms with van der Waals surface area (Å²) in [7, 11) is 4.02. The number of aryl methyl sites for hydroxylation is 1. The average molecular weight is 527 g/mol. The standard InChI is InChI=1S/C25H30N8OS.ClH/c1-15-26-18-11-12-35-20(18)23(27-15)29-22-17-13-33(25(2,3)21(17)30-31-22)24(34)28-19(14-32(4)5)16-9-7-6-8-10-16;/h6-12,19H,13-14H2,1-5H3,(H,28,34)(H2,26,27,29,30,31);1H/t19-;/m1./s1. The van der Waals surface area contributed by atoms with Gasteiger partial charge in [0.1, 0.15) is 5.82 Å². The van der Waals surface area contributed by atoms with Gasteiger partial charge in [0.25, 0.3) is 0 Å². The SMILES string of the molecule is Cc1nc(Nc2n[nH]c3c2CN(C(=O)N[C@H](CN(C)C)c2ccccc2)C3(C)C)c2sccc2n1.Cl. The van der Waals surface area contributed by atoms with Crippen LogP contribution < -0.4 is 10.6 Å². The molecule has 0 radical (unpaired) electrons. The number of urea groups is 1. The maximum Gasteiger partial charge on any atom is 0.319 e. The maximum atomic E-state index is 13.6. The molecule has 11 heteroatoms. The highest BCUT2D eigenvalue weighted by Crippen LogP contribution is 2.41. The number of aromatic nitrogens is 4. The first-order valence-corrected chi connectivity index (χ1v) is 12.5. The summed E-state index contributed by atoms with van der Waals surface area (Å²) in [5.74, 6) is 2.11. The number of H-pyrrole nitrogens is 1. The molecule has 3 N–H and O–H groups in total. The monoisotopic (exact) mass is 526 g/mol. The lowest BCUT2D eigenvalue weighted by Gasteiger charge is -2.34. The number of amides is 2. The van der Waals surface area contributed by atoms with Gasteiger partial charge in [-0.15, -0.1) is 23.7 Å². The first-order chi connectivity index (χ1) is 16.7. The molecule has 4 aromatic rings. The van der Waals surface area contributed by atoms with Gasteiger partial charge in [0, 0.05) is 12.1 Å². The van der Waals surface area contributed by atoms with E-state index in [0.717, 1.165) is 32.9 Å². The number of nitrogens with zero attached hydrogens (tertiary/aromatic N) is 5. The highest BCUT2D eigenvalue weighted by atomic mass is 35.5. The normalized spacial score (nSPS) is 15.0. The quantitative estimate of drug-likeness (QED) is 0.328. The van der Waals surface area contributed by atoms with Crippen molar-refractivity contribution in [1.29, 1.82) is 0 Å². The van der Waals surface area contributed by atoms with Crippen molar-refractivity contribution in [3.63, 3.8) is 0 Å². The van der Waals surface area contributed by atoms with Crippen molar-refractivity contribution in [1.82, 2.24) is 35.3 Å². The first-order valence-electron chi connectivity index (χ1n) is 11.6. The van der Waals surface area contributed by atoms with Crippen LogP contribution in [0.5, 0.6) is 0 Å². The lowest BCUT2D eigenvalue weighted by molar-refractivity contribution is 0.138. The van der Waals surface area contributed by atoms with Gasteiger partial charge in [0.05, 0.1) is 34.0 Å². The summed E-state index contributed by atoms with van der Waals surface area (Å²) >= 11 is 1.59. The van der Waals surface area contributed by atoms with E-state index in [-0.39, 0.29) is 24.5 Å². The molecule has 0 saturated carbocycles. The Kier molecular flexibility index (Phi) is 7.21. The fourth-order valence-corrected chi connectivity index (χ4v) is 5.41. The molecule has 3 aromatic heterocycles. The van der Waals surface area contributed by atoms with E-state index in [2.05, 4.69) is 35.7 Å². The molecule has 0 bridgehead atoms. The molecule has 2 amide bonds. The second kappa shape index (κ2) is 10.0. The summed E-state index contributed by atoms with van der Waals surface area (Å²) < 4.78 is 0.980. The molecule has 9 nitrogen and oxygen atoms in total. The zero-order chi connectivity index (χ0) is 24.7. The third-order valence-corrected chi connectivity index (χ3v) is 7.33. The van der Waals surface area contributed by atoms with Gasteiger partial charge in [0.15, 0.2) is 11.6 Å². The van der Waals surface area contributed by atoms with E-state index >= 15 is 0 Å². The molecule has 0 saturated heterocycles. The number of fused-ring (bicyclic) bond motifs is 2. The molecule has 4 heterocycles. The van der Waals surface area contributed by atoms with Crippen molar-refractivity contribution < 1.29 is 4.79 Å². The molecule has 0 fully saturated rings. The lowest BCUT2D eigenvalue weighted by atomic mass is 10.0. The van der Waals surface area contributed by atoms with Gasteiger partial charge in [-0.3, -0.25) is 5.10 Å². The highest BCUT2D eigenvalue weighted by Gasteiger charge is 2.44. The fourth-order valence-electron chi connectivity index (χ4n) is 4.63. The molecule has 36 heavy (non-hydrogen) atoms. The third kappa shape index (κ3) is 4.76. The largest absolute Gasteiger partial charge is 0.330 e. The number of rotatable bonds is 6. The van der Waals surface area contributed by atoms with Crippen LogP contribution in [0.4, 0.5) is 16.4 Å². The highest BCUT2D eigenvalue weighted by molar-refractivity contribution is 7.17. The van der Waals surface area contributed by atoms with E-state index in [4.69, 9.17) is 0 Å². The molecule has 1 aliphatic rings. The van der Waals surface area contributed by atoms with E-state index in [1.54, 1.807) is 11.3 Å². The van der Waals surface area contributed by atoms with E-state index < -0.39 is 5.54 Å². The van der Waals surface area contributed by atoms with Gasteiger partial charge < -0.3 is 20.4 Å². The molecule has 0 aliphatic carbocycles. The van der Waals surface area contributed by atoms with E-state index in [0.29, 0.717) is 24.7 Å². The van der Waals surface area contributed by atoms with Crippen molar-refractivity contribution >= 4 is 51.6 Å². The predicted molar refractivity (Wildman–Crippen MR) is 146 cm³/mol. The van der Waals surface area contributed by atoms with Gasteiger partial charge in [-0.2, -0.15) is 5.10 Å². The van der Waals surface area contributed by atoms with Crippen LogP contribution in [0.25, 0.3) is 10.2 Å². The molecule has 0 spiro atoms. The molecule has 0 unspecified atom stereocenters. The molecular weight excluding hydrogens is 496 g/mol. The van der Waals surface area contributed by atoms with Gasteiger partial charge >= 0.3 is 6.03 Å². The topological polar surface area (TPSA) is 102 Å². The predicted octanol–water partition coefficient (Wildman–Crippen LogP) is 4.95. The average Bonchev–Trinajstić information content (AvgIpc) is 3.50. The molecular formula is C25H31ClN8OS. The van der Waals surface area contributed by atoms with Crippen molar-refractivity contribution in [2.24, 2.45) is 0 Å². The number of aromatic amines is 1. The van der Waals surface area contributed by atoms with E-state index in [1.807, 2.05) is 81.5 Å². The van der Waals surface area contributed by atoms with Crippen molar-refractivity contribution in [3.8, 4) is 0 Å². The summed E-state index contributed by atoms with van der Waals surface area (Å²) in [5, 5.41) is 16.4. The van der Waals surface area contributed by atoms with Crippen molar-refractivity contribution in [2.75, 3.05) is 26.0 Å². The van der Waals surface area contributed by atoms with Crippen LogP contribution in [0, 0.1) is 6.92 Å². The van der Waals surface area contributed by atoms with Crippen LogP contribution in [-0.2, 0) is 12.1 Å². The minimum atomic E-state index is -0.550. The van der Waals surface area contributed by atoms with E-state index in [1.165, 1.54) is 0 Å². The Morgan fingerprint density at radius 1 is 1.19 bits per heavy atom. The van der Waals surface area contributed by atoms with E-state index in [9.17, 15) is 4.79 Å². The first kappa shape index (κ1) is 25.9. The molecule has 1 atom stereocenters. The zero-order valence-electron chi connectivity index (χ0n) is 21.0. The number of halogens is 1. The number of nitrogens with one attached hydrogen (secondary N) is 3. The van der Waals surface area contributed by atoms with Crippen LogP contribution in [0.1, 0.15) is 42.5 Å².